The van der Waals surface area contributed by atoms with Gasteiger partial charge in [0.1, 0.15) is 6.33 Å². The highest BCUT2D eigenvalue weighted by atomic mass is 19.1. The van der Waals surface area contributed by atoms with Crippen LogP contribution in [-0.4, -0.2) is 45.9 Å². The molecule has 0 atom stereocenters. The Labute approximate surface area is 146 Å². The van der Waals surface area contributed by atoms with Crippen molar-refractivity contribution in [3.8, 4) is 0 Å². The van der Waals surface area contributed by atoms with Crippen LogP contribution in [0.25, 0.3) is 0 Å². The molecule has 3 rings (SSSR count). The van der Waals surface area contributed by atoms with Crippen molar-refractivity contribution in [2.75, 3.05) is 36.0 Å². The van der Waals surface area contributed by atoms with Crippen molar-refractivity contribution in [3.63, 3.8) is 0 Å². The molecule has 1 aliphatic heterocycles. The van der Waals surface area contributed by atoms with Gasteiger partial charge < -0.3 is 9.80 Å². The number of aryl methyl sites for hydroxylation is 1. The quantitative estimate of drug-likeness (QED) is 0.817. The highest BCUT2D eigenvalue weighted by Crippen LogP contribution is 2.28. The number of piperazine rings is 1. The molecule has 0 aliphatic carbocycles. The maximum atomic E-state index is 14.8. The van der Waals surface area contributed by atoms with Gasteiger partial charge in [0, 0.05) is 44.7 Å². The number of nitrogens with zero attached hydrogens (tertiary/aromatic N) is 6. The summed E-state index contributed by atoms with van der Waals surface area (Å²) in [6, 6.07) is 1.58. The zero-order valence-electron chi connectivity index (χ0n) is 15.0. The van der Waals surface area contributed by atoms with Crippen molar-refractivity contribution < 1.29 is 4.39 Å². The van der Waals surface area contributed by atoms with Crippen LogP contribution in [0.3, 0.4) is 0 Å². The Balaban J connectivity index is 1.77. The highest BCUT2D eigenvalue weighted by Gasteiger charge is 2.27. The van der Waals surface area contributed by atoms with Crippen LogP contribution in [0.15, 0.2) is 23.4 Å². The van der Waals surface area contributed by atoms with E-state index in [9.17, 15) is 9.18 Å². The van der Waals surface area contributed by atoms with Gasteiger partial charge in [-0.25, -0.2) is 19.0 Å². The van der Waals surface area contributed by atoms with E-state index in [1.165, 1.54) is 11.0 Å². The Kier molecular flexibility index (Phi) is 4.45. The summed E-state index contributed by atoms with van der Waals surface area (Å²) in [5.74, 6) is 0.000345. The number of hydrogen-bond donors (Lipinski definition) is 0. The summed E-state index contributed by atoms with van der Waals surface area (Å²) in [7, 11) is 1.62. The lowest BCUT2D eigenvalue weighted by Gasteiger charge is -2.36. The van der Waals surface area contributed by atoms with Crippen LogP contribution in [0.4, 0.5) is 15.9 Å². The molecule has 0 N–H and O–H groups in total. The predicted molar refractivity (Wildman–Crippen MR) is 94.6 cm³/mol. The van der Waals surface area contributed by atoms with Gasteiger partial charge in [-0.1, -0.05) is 20.8 Å². The number of halogens is 1. The second kappa shape index (κ2) is 6.42. The molecule has 134 valence electrons. The fraction of sp³-hybridized carbons (Fsp3) is 0.529. The van der Waals surface area contributed by atoms with Gasteiger partial charge >= 0.3 is 0 Å². The van der Waals surface area contributed by atoms with Gasteiger partial charge in [0.05, 0.1) is 17.6 Å². The molecule has 0 aromatic carbocycles. The van der Waals surface area contributed by atoms with E-state index >= 15 is 0 Å². The molecule has 0 unspecified atom stereocenters. The van der Waals surface area contributed by atoms with Crippen LogP contribution in [0.1, 0.15) is 26.5 Å². The third-order valence-corrected chi connectivity index (χ3v) is 4.38. The summed E-state index contributed by atoms with van der Waals surface area (Å²) in [6.45, 7) is 8.38. The molecule has 0 bridgehead atoms. The van der Waals surface area contributed by atoms with Crippen LogP contribution < -0.4 is 15.4 Å². The van der Waals surface area contributed by atoms with E-state index in [1.54, 1.807) is 19.3 Å². The van der Waals surface area contributed by atoms with Crippen LogP contribution >= 0.6 is 0 Å². The van der Waals surface area contributed by atoms with Crippen molar-refractivity contribution in [2.24, 2.45) is 7.05 Å². The summed E-state index contributed by atoms with van der Waals surface area (Å²) in [5.41, 5.74) is 0.702. The van der Waals surface area contributed by atoms with Gasteiger partial charge in [0.25, 0.3) is 5.56 Å². The van der Waals surface area contributed by atoms with Crippen LogP contribution in [0, 0.1) is 5.82 Å². The normalized spacial score (nSPS) is 15.6. The first-order valence-corrected chi connectivity index (χ1v) is 8.31. The first kappa shape index (κ1) is 17.3. The molecule has 0 amide bonds. The Morgan fingerprint density at radius 3 is 2.32 bits per heavy atom. The van der Waals surface area contributed by atoms with E-state index in [2.05, 4.69) is 20.0 Å². The van der Waals surface area contributed by atoms with E-state index in [0.717, 1.165) is 5.69 Å². The minimum Gasteiger partial charge on any atom is -0.367 e. The molecule has 25 heavy (non-hydrogen) atoms. The van der Waals surface area contributed by atoms with Crippen molar-refractivity contribution in [2.45, 2.75) is 26.2 Å². The number of anilines is 2. The van der Waals surface area contributed by atoms with Gasteiger partial charge in [0.15, 0.2) is 11.6 Å². The second-order valence-electron chi connectivity index (χ2n) is 7.26. The van der Waals surface area contributed by atoms with Crippen LogP contribution in [0.2, 0.25) is 0 Å². The molecule has 0 spiro atoms. The fourth-order valence-corrected chi connectivity index (χ4v) is 2.91. The van der Waals surface area contributed by atoms with Gasteiger partial charge in [-0.2, -0.15) is 5.10 Å². The average molecular weight is 346 g/mol. The lowest BCUT2D eigenvalue weighted by Crippen LogP contribution is -2.47. The molecule has 0 radical (unpaired) electrons. The smallest absolute Gasteiger partial charge is 0.268 e. The zero-order valence-corrected chi connectivity index (χ0v) is 15.0. The zero-order chi connectivity index (χ0) is 18.2. The topological polar surface area (TPSA) is 67.2 Å². The fourth-order valence-electron chi connectivity index (χ4n) is 2.91. The van der Waals surface area contributed by atoms with Gasteiger partial charge in [-0.3, -0.25) is 4.79 Å². The molecule has 1 fully saturated rings. The van der Waals surface area contributed by atoms with Gasteiger partial charge in [0.2, 0.25) is 0 Å². The lowest BCUT2D eigenvalue weighted by atomic mass is 9.91. The predicted octanol–water partition coefficient (Wildman–Crippen LogP) is 1.33. The van der Waals surface area contributed by atoms with E-state index in [-0.39, 0.29) is 16.8 Å². The molecule has 3 heterocycles. The largest absolute Gasteiger partial charge is 0.367 e. The first-order chi connectivity index (χ1) is 11.8. The Morgan fingerprint density at radius 1 is 1.08 bits per heavy atom. The van der Waals surface area contributed by atoms with E-state index in [4.69, 9.17) is 0 Å². The Morgan fingerprint density at radius 2 is 1.72 bits per heavy atom. The molecule has 8 heteroatoms. The van der Waals surface area contributed by atoms with Crippen molar-refractivity contribution >= 4 is 11.5 Å². The maximum absolute atomic E-state index is 14.8. The summed E-state index contributed by atoms with van der Waals surface area (Å²) in [4.78, 5) is 24.0. The third kappa shape index (κ3) is 3.47. The second-order valence-corrected chi connectivity index (χ2v) is 7.26. The van der Waals surface area contributed by atoms with E-state index < -0.39 is 0 Å². The van der Waals surface area contributed by atoms with Crippen LogP contribution in [0.5, 0.6) is 0 Å². The lowest BCUT2D eigenvalue weighted by molar-refractivity contribution is 0.493. The van der Waals surface area contributed by atoms with Gasteiger partial charge in [-0.05, 0) is 0 Å². The number of aromatic nitrogens is 4. The molecule has 7 nitrogen and oxygen atoms in total. The Bertz CT molecular complexity index is 821. The molecule has 0 saturated carbocycles. The number of hydrogen-bond acceptors (Lipinski definition) is 6. The van der Waals surface area contributed by atoms with Crippen molar-refractivity contribution in [1.82, 2.24) is 19.7 Å². The SMILES string of the molecule is Cn1ncc(N2CCN(c3ncnc(C(C)(C)C)c3F)CC2)cc1=O. The third-order valence-electron chi connectivity index (χ3n) is 4.38. The molecule has 2 aromatic rings. The molecular weight excluding hydrogens is 323 g/mol. The van der Waals surface area contributed by atoms with E-state index in [0.29, 0.717) is 37.7 Å². The molecule has 1 saturated heterocycles. The average Bonchev–Trinajstić information content (AvgIpc) is 2.57. The van der Waals surface area contributed by atoms with Crippen molar-refractivity contribution in [3.05, 3.63) is 40.5 Å². The summed E-state index contributed by atoms with van der Waals surface area (Å²) in [5, 5.41) is 4.05. The Hall–Kier alpha value is -2.51. The first-order valence-electron chi connectivity index (χ1n) is 8.31. The number of rotatable bonds is 2. The van der Waals surface area contributed by atoms with Crippen molar-refractivity contribution in [1.29, 1.82) is 0 Å². The summed E-state index contributed by atoms with van der Waals surface area (Å²) in [6.07, 6.45) is 3.11. The highest BCUT2D eigenvalue weighted by molar-refractivity contribution is 5.48. The summed E-state index contributed by atoms with van der Waals surface area (Å²) < 4.78 is 16.1. The van der Waals surface area contributed by atoms with E-state index in [1.807, 2.05) is 25.7 Å². The molecule has 1 aliphatic rings. The maximum Gasteiger partial charge on any atom is 0.268 e. The molecule has 2 aromatic heterocycles. The molecular formula is C17H23FN6O. The monoisotopic (exact) mass is 346 g/mol. The van der Waals surface area contributed by atoms with Gasteiger partial charge in [-0.15, -0.1) is 0 Å². The summed E-state index contributed by atoms with van der Waals surface area (Å²) >= 11 is 0. The standard InChI is InChI=1S/C17H23FN6O/c1-17(2,3)15-14(18)16(20-11-19-15)24-7-5-23(6-8-24)12-9-13(25)22(4)21-10-12/h9-11H,5-8H2,1-4H3. The van der Waals surface area contributed by atoms with Crippen LogP contribution in [-0.2, 0) is 12.5 Å². The minimum absolute atomic E-state index is 0.142. The minimum atomic E-state index is -0.376.